The monoisotopic (exact) mass is 567 g/mol. The second-order valence-corrected chi connectivity index (χ2v) is 11.9. The van der Waals surface area contributed by atoms with Crippen LogP contribution < -0.4 is 5.32 Å². The van der Waals surface area contributed by atoms with Crippen molar-refractivity contribution >= 4 is 16.0 Å². The van der Waals surface area contributed by atoms with Crippen molar-refractivity contribution in [1.82, 2.24) is 5.32 Å². The van der Waals surface area contributed by atoms with Gasteiger partial charge in [-0.2, -0.15) is 8.42 Å². The molecule has 0 rings (SSSR count). The lowest BCUT2D eigenvalue weighted by atomic mass is 10.1. The minimum Gasteiger partial charge on any atom is -0.387 e. The number of aliphatic hydroxyl groups excluding tert-OH is 1. The molecule has 0 bridgehead atoms. The second kappa shape index (κ2) is 26.5. The van der Waals surface area contributed by atoms with Crippen molar-refractivity contribution in [2.24, 2.45) is 0 Å². The molecule has 0 fully saturated rings. The van der Waals surface area contributed by atoms with E-state index in [1.54, 1.807) is 6.08 Å². The number of nitrogens with one attached hydrogen (secondary N) is 1. The third kappa shape index (κ3) is 27.7. The zero-order valence-corrected chi connectivity index (χ0v) is 25.6. The Kier molecular flexibility index (Phi) is 25.4. The van der Waals surface area contributed by atoms with Crippen LogP contribution in [0.3, 0.4) is 0 Å². The van der Waals surface area contributed by atoms with Gasteiger partial charge in [-0.15, -0.1) is 0 Å². The van der Waals surface area contributed by atoms with Crippen LogP contribution in [0.15, 0.2) is 48.6 Å². The number of carbonyl (C=O) groups is 1. The first-order chi connectivity index (χ1) is 18.8. The molecule has 1 amide bonds. The number of unbranched alkanes of at least 4 members (excludes halogenated alkanes) is 12. The van der Waals surface area contributed by atoms with Crippen molar-refractivity contribution in [2.75, 3.05) is 5.75 Å². The standard InChI is InChI=1S/C32H57NO5S/c1-3-5-7-9-11-13-14-15-16-17-18-19-20-22-24-26-28-32(35)33-30(29-39(36,37)38)31(34)27-25-23-21-12-10-8-6-4-2/h10,12-14,16-17,25,27,30-31,34H,3-9,11,15,18-24,26,28-29H2,1-2H3,(H,33,35)(H,36,37,38)/b12-10+,14-13-,17-16-,27-25+. The van der Waals surface area contributed by atoms with Crippen LogP contribution in [0.1, 0.15) is 129 Å². The van der Waals surface area contributed by atoms with Crippen LogP contribution in [-0.4, -0.2) is 41.9 Å². The molecule has 0 radical (unpaired) electrons. The van der Waals surface area contributed by atoms with Gasteiger partial charge in [0.1, 0.15) is 0 Å². The lowest BCUT2D eigenvalue weighted by Gasteiger charge is -2.21. The quantitative estimate of drug-likeness (QED) is 0.0558. The highest BCUT2D eigenvalue weighted by atomic mass is 32.2. The molecule has 0 saturated carbocycles. The molecule has 0 aliphatic heterocycles. The average molecular weight is 568 g/mol. The van der Waals surface area contributed by atoms with Gasteiger partial charge in [-0.25, -0.2) is 0 Å². The van der Waals surface area contributed by atoms with E-state index in [-0.39, 0.29) is 12.3 Å². The van der Waals surface area contributed by atoms with Crippen molar-refractivity contribution in [3.05, 3.63) is 48.6 Å². The summed E-state index contributed by atoms with van der Waals surface area (Å²) in [6.07, 6.45) is 33.9. The average Bonchev–Trinajstić information content (AvgIpc) is 2.88. The molecule has 0 heterocycles. The van der Waals surface area contributed by atoms with Crippen molar-refractivity contribution in [2.45, 2.75) is 142 Å². The first-order valence-corrected chi connectivity index (χ1v) is 16.9. The molecule has 226 valence electrons. The molecule has 2 unspecified atom stereocenters. The number of aliphatic hydroxyl groups is 1. The van der Waals surface area contributed by atoms with E-state index in [2.05, 4.69) is 55.6 Å². The predicted molar refractivity (Wildman–Crippen MR) is 165 cm³/mol. The smallest absolute Gasteiger partial charge is 0.267 e. The zero-order chi connectivity index (χ0) is 29.0. The van der Waals surface area contributed by atoms with Crippen LogP contribution in [0.25, 0.3) is 0 Å². The number of hydrogen-bond donors (Lipinski definition) is 3. The van der Waals surface area contributed by atoms with Gasteiger partial charge < -0.3 is 10.4 Å². The lowest BCUT2D eigenvalue weighted by Crippen LogP contribution is -2.46. The number of allylic oxidation sites excluding steroid dienone is 7. The van der Waals surface area contributed by atoms with Crippen molar-refractivity contribution in [3.8, 4) is 0 Å². The summed E-state index contributed by atoms with van der Waals surface area (Å²) in [5, 5.41) is 13.0. The Bertz CT molecular complexity index is 801. The lowest BCUT2D eigenvalue weighted by molar-refractivity contribution is -0.122. The molecule has 2 atom stereocenters. The summed E-state index contributed by atoms with van der Waals surface area (Å²) < 4.78 is 32.1. The molecule has 3 N–H and O–H groups in total. The van der Waals surface area contributed by atoms with E-state index in [0.717, 1.165) is 64.2 Å². The highest BCUT2D eigenvalue weighted by Gasteiger charge is 2.24. The van der Waals surface area contributed by atoms with Gasteiger partial charge in [-0.3, -0.25) is 9.35 Å². The maximum absolute atomic E-state index is 12.3. The van der Waals surface area contributed by atoms with E-state index in [1.807, 2.05) is 0 Å². The van der Waals surface area contributed by atoms with E-state index in [9.17, 15) is 22.9 Å². The van der Waals surface area contributed by atoms with Gasteiger partial charge in [0.2, 0.25) is 5.91 Å². The molecule has 39 heavy (non-hydrogen) atoms. The summed E-state index contributed by atoms with van der Waals surface area (Å²) >= 11 is 0. The minimum absolute atomic E-state index is 0.269. The Morgan fingerprint density at radius 3 is 1.85 bits per heavy atom. The van der Waals surface area contributed by atoms with Gasteiger partial charge in [0.25, 0.3) is 10.1 Å². The summed E-state index contributed by atoms with van der Waals surface area (Å²) in [6.45, 7) is 4.38. The Morgan fingerprint density at radius 2 is 1.21 bits per heavy atom. The molecule has 0 aromatic carbocycles. The van der Waals surface area contributed by atoms with Crippen LogP contribution in [-0.2, 0) is 14.9 Å². The van der Waals surface area contributed by atoms with E-state index in [4.69, 9.17) is 0 Å². The maximum Gasteiger partial charge on any atom is 0.267 e. The Hall–Kier alpha value is -1.70. The SMILES string of the molecule is CCCC/C=C/CC/C=C/C(O)C(CS(=O)(=O)O)NC(=O)CCCCCCC/C=C\C/C=C\CCCCCC. The molecule has 6 nitrogen and oxygen atoms in total. The van der Waals surface area contributed by atoms with Crippen LogP contribution >= 0.6 is 0 Å². The first-order valence-electron chi connectivity index (χ1n) is 15.3. The summed E-state index contributed by atoms with van der Waals surface area (Å²) in [4.78, 5) is 12.3. The molecular weight excluding hydrogens is 510 g/mol. The van der Waals surface area contributed by atoms with Gasteiger partial charge in [-0.1, -0.05) is 114 Å². The minimum atomic E-state index is -4.34. The Morgan fingerprint density at radius 1 is 0.692 bits per heavy atom. The number of rotatable bonds is 26. The summed E-state index contributed by atoms with van der Waals surface area (Å²) in [5.41, 5.74) is 0. The van der Waals surface area contributed by atoms with Crippen molar-refractivity contribution < 1.29 is 22.9 Å². The predicted octanol–water partition coefficient (Wildman–Crippen LogP) is 8.01. The largest absolute Gasteiger partial charge is 0.387 e. The number of hydrogen-bond acceptors (Lipinski definition) is 4. The second-order valence-electron chi connectivity index (χ2n) is 10.4. The maximum atomic E-state index is 12.3. The summed E-state index contributed by atoms with van der Waals surface area (Å²) in [6, 6.07) is -1.08. The topological polar surface area (TPSA) is 104 Å². The fourth-order valence-corrected chi connectivity index (χ4v) is 4.86. The third-order valence-corrected chi connectivity index (χ3v) is 7.26. The fraction of sp³-hybridized carbons (Fsp3) is 0.719. The van der Waals surface area contributed by atoms with Crippen LogP contribution in [0, 0.1) is 0 Å². The Labute approximate surface area is 239 Å². The molecule has 0 aliphatic carbocycles. The molecular formula is C32H57NO5S. The molecule has 0 aliphatic rings. The fourth-order valence-electron chi connectivity index (χ4n) is 4.13. The normalized spacial score (nSPS) is 14.3. The number of carbonyl (C=O) groups excluding carboxylic acids is 1. The summed E-state index contributed by atoms with van der Waals surface area (Å²) in [7, 11) is -4.34. The summed E-state index contributed by atoms with van der Waals surface area (Å²) in [5.74, 6) is -1.03. The molecule has 0 aromatic rings. The van der Waals surface area contributed by atoms with Crippen LogP contribution in [0.5, 0.6) is 0 Å². The zero-order valence-electron chi connectivity index (χ0n) is 24.7. The highest BCUT2D eigenvalue weighted by molar-refractivity contribution is 7.85. The molecule has 0 aromatic heterocycles. The van der Waals surface area contributed by atoms with E-state index < -0.39 is 28.0 Å². The van der Waals surface area contributed by atoms with Gasteiger partial charge in [0.15, 0.2) is 0 Å². The van der Waals surface area contributed by atoms with Crippen molar-refractivity contribution in [3.63, 3.8) is 0 Å². The van der Waals surface area contributed by atoms with E-state index >= 15 is 0 Å². The van der Waals surface area contributed by atoms with Crippen LogP contribution in [0.2, 0.25) is 0 Å². The van der Waals surface area contributed by atoms with Gasteiger partial charge in [0, 0.05) is 6.42 Å². The van der Waals surface area contributed by atoms with Gasteiger partial charge >= 0.3 is 0 Å². The third-order valence-electron chi connectivity index (χ3n) is 6.48. The van der Waals surface area contributed by atoms with Gasteiger partial charge in [-0.05, 0) is 57.8 Å². The number of amides is 1. The van der Waals surface area contributed by atoms with E-state index in [0.29, 0.717) is 12.8 Å². The van der Waals surface area contributed by atoms with Crippen molar-refractivity contribution in [1.29, 1.82) is 0 Å². The highest BCUT2D eigenvalue weighted by Crippen LogP contribution is 2.10. The van der Waals surface area contributed by atoms with Crippen LogP contribution in [0.4, 0.5) is 0 Å². The van der Waals surface area contributed by atoms with Gasteiger partial charge in [0.05, 0.1) is 17.9 Å². The Balaban J connectivity index is 4.10. The molecule has 0 saturated heterocycles. The molecule has 7 heteroatoms. The first kappa shape index (κ1) is 37.3. The molecule has 0 spiro atoms. The van der Waals surface area contributed by atoms with E-state index in [1.165, 1.54) is 38.2 Å².